The molecule has 0 radical (unpaired) electrons. The number of hydrogen-bond acceptors (Lipinski definition) is 4. The van der Waals surface area contributed by atoms with Gasteiger partial charge in [-0.2, -0.15) is 5.10 Å². The van der Waals surface area contributed by atoms with Crippen LogP contribution in [-0.2, 0) is 0 Å². The molecule has 2 unspecified atom stereocenters. The number of alkyl halides is 1. The van der Waals surface area contributed by atoms with Crippen LogP contribution in [0.25, 0.3) is 0 Å². The third-order valence-electron chi connectivity index (χ3n) is 2.31. The third-order valence-corrected chi connectivity index (χ3v) is 3.67. The zero-order valence-corrected chi connectivity index (χ0v) is 10.0. The number of fused-ring (bicyclic) bond motifs is 1. The second-order valence-corrected chi connectivity index (χ2v) is 4.74. The molecule has 7 heteroatoms. The summed E-state index contributed by atoms with van der Waals surface area (Å²) in [4.78, 5) is 15.0. The average Bonchev–Trinajstić information content (AvgIpc) is 2.49. The first-order valence-electron chi connectivity index (χ1n) is 4.32. The summed E-state index contributed by atoms with van der Waals surface area (Å²) in [5, 5.41) is 13.0. The van der Waals surface area contributed by atoms with Gasteiger partial charge in [0.05, 0.1) is 9.97 Å². The lowest BCUT2D eigenvalue weighted by Crippen LogP contribution is -2.22. The number of halogens is 1. The van der Waals surface area contributed by atoms with Gasteiger partial charge in [-0.15, -0.1) is 0 Å². The zero-order valence-electron chi connectivity index (χ0n) is 7.88. The van der Waals surface area contributed by atoms with E-state index in [-0.39, 0.29) is 21.3 Å². The fraction of sp³-hybridized carbons (Fsp3) is 0.375. The van der Waals surface area contributed by atoms with E-state index >= 15 is 0 Å². The molecule has 0 fully saturated rings. The first-order valence-corrected chi connectivity index (χ1v) is 5.56. The van der Waals surface area contributed by atoms with E-state index in [4.69, 9.17) is 10.8 Å². The van der Waals surface area contributed by atoms with Crippen molar-refractivity contribution in [2.24, 2.45) is 4.99 Å². The molecular formula is C8H9IN4O2. The van der Waals surface area contributed by atoms with Crippen LogP contribution in [0, 0.1) is 0 Å². The van der Waals surface area contributed by atoms with Crippen LogP contribution in [0.5, 0.6) is 0 Å². The van der Waals surface area contributed by atoms with Gasteiger partial charge in [-0.1, -0.05) is 22.6 Å². The SMILES string of the molecule is CC1C(I)C=Nc2c(C(=O)O)c(N)nn21. The van der Waals surface area contributed by atoms with Crippen LogP contribution in [0.4, 0.5) is 11.6 Å². The Bertz CT molecular complexity index is 454. The average molecular weight is 320 g/mol. The van der Waals surface area contributed by atoms with Crippen molar-refractivity contribution in [2.75, 3.05) is 5.73 Å². The van der Waals surface area contributed by atoms with E-state index in [1.807, 2.05) is 6.92 Å². The van der Waals surface area contributed by atoms with Crippen molar-refractivity contribution >= 4 is 46.4 Å². The summed E-state index contributed by atoms with van der Waals surface area (Å²) in [5.74, 6) is -0.738. The van der Waals surface area contributed by atoms with Crippen molar-refractivity contribution in [1.29, 1.82) is 0 Å². The Kier molecular flexibility index (Phi) is 2.41. The van der Waals surface area contributed by atoms with Gasteiger partial charge in [0, 0.05) is 6.21 Å². The van der Waals surface area contributed by atoms with Crippen molar-refractivity contribution < 1.29 is 9.90 Å². The minimum absolute atomic E-state index is 0.0126. The van der Waals surface area contributed by atoms with Crippen LogP contribution in [0.1, 0.15) is 23.3 Å². The molecule has 0 bridgehead atoms. The number of nitrogen functional groups attached to an aromatic ring is 1. The Morgan fingerprint density at radius 2 is 2.40 bits per heavy atom. The summed E-state index contributed by atoms with van der Waals surface area (Å²) in [5.41, 5.74) is 5.53. The number of nitrogens with zero attached hydrogens (tertiary/aromatic N) is 3. The molecule has 0 aromatic carbocycles. The molecule has 15 heavy (non-hydrogen) atoms. The highest BCUT2D eigenvalue weighted by molar-refractivity contribution is 14.1. The predicted molar refractivity (Wildman–Crippen MR) is 64.3 cm³/mol. The number of carbonyl (C=O) groups is 1. The number of aromatic carboxylic acids is 1. The van der Waals surface area contributed by atoms with Gasteiger partial charge in [-0.05, 0) is 6.92 Å². The molecule has 3 N–H and O–H groups in total. The first-order chi connectivity index (χ1) is 7.02. The fourth-order valence-corrected chi connectivity index (χ4v) is 1.92. The summed E-state index contributed by atoms with van der Waals surface area (Å²) in [6, 6.07) is 0.0634. The standard InChI is InChI=1S/C8H9IN4O2/c1-3-4(9)2-11-7-5(8(14)15)6(10)12-13(3)7/h2-4H,1H3,(H2,10,12)(H,14,15). The maximum absolute atomic E-state index is 10.9. The van der Waals surface area contributed by atoms with Crippen molar-refractivity contribution in [3.05, 3.63) is 5.56 Å². The number of nitrogens with two attached hydrogens (primary N) is 1. The third kappa shape index (κ3) is 1.50. The van der Waals surface area contributed by atoms with E-state index in [1.165, 1.54) is 0 Å². The molecule has 2 heterocycles. The smallest absolute Gasteiger partial charge is 0.343 e. The Hall–Kier alpha value is -1.12. The molecule has 6 nitrogen and oxygen atoms in total. The Labute approximate surface area is 99.3 Å². The van der Waals surface area contributed by atoms with Gasteiger partial charge in [0.1, 0.15) is 5.56 Å². The highest BCUT2D eigenvalue weighted by Crippen LogP contribution is 2.33. The molecule has 1 aromatic heterocycles. The van der Waals surface area contributed by atoms with E-state index in [0.29, 0.717) is 5.82 Å². The Balaban J connectivity index is 2.62. The van der Waals surface area contributed by atoms with Gasteiger partial charge in [0.15, 0.2) is 11.6 Å². The van der Waals surface area contributed by atoms with Gasteiger partial charge >= 0.3 is 5.97 Å². The minimum Gasteiger partial charge on any atom is -0.477 e. The van der Waals surface area contributed by atoms with Gasteiger partial charge in [0.25, 0.3) is 0 Å². The van der Waals surface area contributed by atoms with Crippen LogP contribution in [0.3, 0.4) is 0 Å². The van der Waals surface area contributed by atoms with Gasteiger partial charge in [-0.25, -0.2) is 14.5 Å². The highest BCUT2D eigenvalue weighted by Gasteiger charge is 2.29. The van der Waals surface area contributed by atoms with E-state index in [9.17, 15) is 4.79 Å². The number of carboxylic acid groups (broad SMARTS) is 1. The van der Waals surface area contributed by atoms with E-state index < -0.39 is 5.97 Å². The number of carboxylic acids is 1. The lowest BCUT2D eigenvalue weighted by atomic mass is 10.2. The number of aromatic nitrogens is 2. The maximum atomic E-state index is 10.9. The van der Waals surface area contributed by atoms with Crippen LogP contribution in [0.2, 0.25) is 0 Å². The van der Waals surface area contributed by atoms with Crippen LogP contribution >= 0.6 is 22.6 Å². The molecule has 80 valence electrons. The lowest BCUT2D eigenvalue weighted by molar-refractivity contribution is 0.0699. The molecule has 0 saturated carbocycles. The minimum atomic E-state index is -1.09. The van der Waals surface area contributed by atoms with E-state index in [0.717, 1.165) is 0 Å². The number of aliphatic imine (C=N–C) groups is 1. The summed E-state index contributed by atoms with van der Waals surface area (Å²) >= 11 is 2.22. The highest BCUT2D eigenvalue weighted by atomic mass is 127. The normalized spacial score (nSPS) is 23.9. The summed E-state index contributed by atoms with van der Waals surface area (Å²) in [6.07, 6.45) is 1.72. The van der Waals surface area contributed by atoms with Crippen molar-refractivity contribution in [3.8, 4) is 0 Å². The van der Waals surface area contributed by atoms with Crippen molar-refractivity contribution in [1.82, 2.24) is 9.78 Å². The largest absolute Gasteiger partial charge is 0.477 e. The Morgan fingerprint density at radius 1 is 1.73 bits per heavy atom. The number of anilines is 1. The van der Waals surface area contributed by atoms with Crippen LogP contribution in [0.15, 0.2) is 4.99 Å². The Morgan fingerprint density at radius 3 is 3.00 bits per heavy atom. The molecule has 0 saturated heterocycles. The van der Waals surface area contributed by atoms with Gasteiger partial charge in [-0.3, -0.25) is 0 Å². The summed E-state index contributed by atoms with van der Waals surface area (Å²) in [6.45, 7) is 1.95. The quantitative estimate of drug-likeness (QED) is 0.601. The number of hydrogen-bond donors (Lipinski definition) is 2. The van der Waals surface area contributed by atoms with E-state index in [2.05, 4.69) is 32.7 Å². The number of rotatable bonds is 1. The maximum Gasteiger partial charge on any atom is 0.343 e. The molecule has 0 aliphatic carbocycles. The van der Waals surface area contributed by atoms with Crippen molar-refractivity contribution in [2.45, 2.75) is 16.9 Å². The van der Waals surface area contributed by atoms with Gasteiger partial charge < -0.3 is 10.8 Å². The molecule has 2 atom stereocenters. The lowest BCUT2D eigenvalue weighted by Gasteiger charge is -2.20. The summed E-state index contributed by atoms with van der Waals surface area (Å²) < 4.78 is 1.76. The molecule has 1 aliphatic heterocycles. The molecule has 0 spiro atoms. The van der Waals surface area contributed by atoms with Crippen molar-refractivity contribution in [3.63, 3.8) is 0 Å². The molecule has 0 amide bonds. The topological polar surface area (TPSA) is 93.5 Å². The zero-order chi connectivity index (χ0) is 11.2. The molecular weight excluding hydrogens is 311 g/mol. The van der Waals surface area contributed by atoms with Gasteiger partial charge in [0.2, 0.25) is 0 Å². The first kappa shape index (κ1) is 10.4. The molecule has 2 rings (SSSR count). The monoisotopic (exact) mass is 320 g/mol. The fourth-order valence-electron chi connectivity index (χ4n) is 1.46. The predicted octanol–water partition coefficient (Wildman–Crippen LogP) is 1.24. The second-order valence-electron chi connectivity index (χ2n) is 3.30. The van der Waals surface area contributed by atoms with Crippen LogP contribution in [-0.4, -0.2) is 31.0 Å². The van der Waals surface area contributed by atoms with Crippen LogP contribution < -0.4 is 5.73 Å². The molecule has 1 aromatic rings. The second kappa shape index (κ2) is 3.47. The molecule has 1 aliphatic rings. The van der Waals surface area contributed by atoms with E-state index in [1.54, 1.807) is 10.9 Å². The summed E-state index contributed by atoms with van der Waals surface area (Å²) in [7, 11) is 0.